The van der Waals surface area contributed by atoms with Gasteiger partial charge in [-0.05, 0) is 144 Å². The molecule has 71 heavy (non-hydrogen) atoms. The van der Waals surface area contributed by atoms with Crippen LogP contribution in [-0.2, 0) is 5.41 Å². The van der Waals surface area contributed by atoms with Gasteiger partial charge in [0.25, 0.3) is 0 Å². The summed E-state index contributed by atoms with van der Waals surface area (Å²) in [4.78, 5) is 4.66. The van der Waals surface area contributed by atoms with Crippen molar-refractivity contribution < 1.29 is 9.47 Å². The first-order valence-electron chi connectivity index (χ1n) is 24.7. The third kappa shape index (κ3) is 6.59. The molecule has 0 saturated carbocycles. The molecule has 2 heterocycles. The minimum atomic E-state index is -0.0693. The van der Waals surface area contributed by atoms with Crippen LogP contribution >= 0.6 is 0 Å². The predicted molar refractivity (Wildman–Crippen MR) is 294 cm³/mol. The van der Waals surface area contributed by atoms with Gasteiger partial charge in [0, 0.05) is 17.3 Å². The van der Waals surface area contributed by atoms with Gasteiger partial charge in [0.15, 0.2) is 23.0 Å². The van der Waals surface area contributed by atoms with Gasteiger partial charge in [0.1, 0.15) is 0 Å². The summed E-state index contributed by atoms with van der Waals surface area (Å²) >= 11 is 0. The lowest BCUT2D eigenvalue weighted by atomic mass is 9.74. The summed E-state index contributed by atoms with van der Waals surface area (Å²) in [5.41, 5.74) is 16.5. The van der Waals surface area contributed by atoms with E-state index >= 15 is 0 Å². The zero-order valence-electron chi connectivity index (χ0n) is 39.5. The van der Waals surface area contributed by atoms with E-state index in [0.29, 0.717) is 11.8 Å². The summed E-state index contributed by atoms with van der Waals surface area (Å²) < 4.78 is 12.7. The lowest BCUT2D eigenvalue weighted by Crippen LogP contribution is -2.28. The molecule has 4 aliphatic rings. The molecule has 2 aliphatic carbocycles. The van der Waals surface area contributed by atoms with E-state index in [4.69, 9.17) is 9.47 Å². The molecular formula is C67H48N2O2. The van der Waals surface area contributed by atoms with Crippen LogP contribution in [0.4, 0.5) is 28.4 Å². The van der Waals surface area contributed by atoms with Crippen LogP contribution in [0.1, 0.15) is 42.0 Å². The highest BCUT2D eigenvalue weighted by atomic mass is 16.5. The third-order valence-corrected chi connectivity index (χ3v) is 15.3. The molecule has 2 unspecified atom stereocenters. The van der Waals surface area contributed by atoms with Gasteiger partial charge in [0.05, 0.1) is 22.7 Å². The summed E-state index contributed by atoms with van der Waals surface area (Å²) in [7, 11) is 0. The number of hydrogen-bond acceptors (Lipinski definition) is 4. The molecule has 0 fully saturated rings. The van der Waals surface area contributed by atoms with Gasteiger partial charge in [-0.3, -0.25) is 0 Å². The number of ether oxygens (including phenoxy) is 2. The maximum absolute atomic E-state index is 6.35. The van der Waals surface area contributed by atoms with Gasteiger partial charge >= 0.3 is 0 Å². The Morgan fingerprint density at radius 2 is 0.859 bits per heavy atom. The van der Waals surface area contributed by atoms with E-state index < -0.39 is 0 Å². The minimum Gasteiger partial charge on any atom is -0.453 e. The number of fused-ring (bicyclic) bond motifs is 9. The smallest absolute Gasteiger partial charge is 0.151 e. The Hall–Kier alpha value is -8.86. The van der Waals surface area contributed by atoms with Crippen LogP contribution in [-0.4, -0.2) is 0 Å². The SMILES string of the molecule is CC1(C)c2cc(/C=C/c3ccc(-c4c5ccccc5c(-c5ccc(N6c7ccccc7Oc7ccccc76)cc5)c5ccccc45)cc3)ccc2C2C=CC(N3c4ccccc4Oc4ccccc43)=CC21. The third-order valence-electron chi connectivity index (χ3n) is 15.3. The number of para-hydroxylation sites is 8. The second-order valence-electron chi connectivity index (χ2n) is 19.7. The molecule has 10 aromatic rings. The maximum Gasteiger partial charge on any atom is 0.151 e. The molecule has 0 radical (unpaired) electrons. The Kier molecular flexibility index (Phi) is 9.34. The summed E-state index contributed by atoms with van der Waals surface area (Å²) in [6.07, 6.45) is 11.8. The standard InChI is InChI=1S/C67H48N2O2/c1-67(2)55-41-44(31-39-49(55)50-40-38-48(42-56(50)67)69-59-21-9-13-25-63(59)71-64-26-14-10-22-60(64)69)28-27-43-29-32-45(33-30-43)65-51-15-3-5-17-53(51)66(54-18-6-4-16-52(54)65)46-34-36-47(37-35-46)68-57-19-7-11-23-61(57)70-62-24-12-8-20-58(62)68/h3-42,50,56H,1-2H3/b28-27+. The van der Waals surface area contributed by atoms with E-state index in [1.807, 2.05) is 36.4 Å². The summed E-state index contributed by atoms with van der Waals surface area (Å²) in [5, 5.41) is 4.95. The first kappa shape index (κ1) is 41.1. The molecule has 10 aromatic carbocycles. The summed E-state index contributed by atoms with van der Waals surface area (Å²) in [5.74, 6) is 4.08. The Labute approximate surface area is 414 Å². The van der Waals surface area contributed by atoms with Crippen LogP contribution in [0.3, 0.4) is 0 Å². The van der Waals surface area contributed by atoms with E-state index in [-0.39, 0.29) is 5.41 Å². The number of benzene rings is 10. The second kappa shape index (κ2) is 16.1. The molecule has 0 aromatic heterocycles. The molecular weight excluding hydrogens is 865 g/mol. The Bertz CT molecular complexity index is 3730. The van der Waals surface area contributed by atoms with Crippen molar-refractivity contribution in [2.45, 2.75) is 25.2 Å². The van der Waals surface area contributed by atoms with Crippen LogP contribution in [0, 0.1) is 5.92 Å². The Morgan fingerprint density at radius 1 is 0.437 bits per heavy atom. The highest BCUT2D eigenvalue weighted by molar-refractivity contribution is 6.21. The van der Waals surface area contributed by atoms with E-state index in [2.05, 4.69) is 230 Å². The number of nitrogens with zero attached hydrogens (tertiary/aromatic N) is 2. The summed E-state index contributed by atoms with van der Waals surface area (Å²) in [6.45, 7) is 4.83. The zero-order valence-corrected chi connectivity index (χ0v) is 39.5. The molecule has 0 N–H and O–H groups in total. The van der Waals surface area contributed by atoms with Crippen LogP contribution < -0.4 is 19.3 Å². The first-order chi connectivity index (χ1) is 35.0. The monoisotopic (exact) mass is 912 g/mol. The number of anilines is 5. The van der Waals surface area contributed by atoms with E-state index in [9.17, 15) is 0 Å². The van der Waals surface area contributed by atoms with Crippen molar-refractivity contribution in [1.29, 1.82) is 0 Å². The molecule has 4 nitrogen and oxygen atoms in total. The van der Waals surface area contributed by atoms with E-state index in [1.165, 1.54) is 71.7 Å². The average Bonchev–Trinajstić information content (AvgIpc) is 3.64. The molecule has 2 aliphatic heterocycles. The average molecular weight is 913 g/mol. The fraction of sp³-hybridized carbons (Fsp3) is 0.0746. The molecule has 14 rings (SSSR count). The van der Waals surface area contributed by atoms with Crippen LogP contribution in [0.15, 0.2) is 236 Å². The van der Waals surface area contributed by atoms with Crippen molar-refractivity contribution in [1.82, 2.24) is 0 Å². The second-order valence-corrected chi connectivity index (χ2v) is 19.7. The van der Waals surface area contributed by atoms with Gasteiger partial charge in [-0.25, -0.2) is 0 Å². The fourth-order valence-corrected chi connectivity index (χ4v) is 11.9. The molecule has 0 bridgehead atoms. The fourth-order valence-electron chi connectivity index (χ4n) is 11.9. The Morgan fingerprint density at radius 3 is 1.37 bits per heavy atom. The van der Waals surface area contributed by atoms with Crippen molar-refractivity contribution in [2.75, 3.05) is 9.80 Å². The Balaban J connectivity index is 0.760. The topological polar surface area (TPSA) is 24.9 Å². The zero-order chi connectivity index (χ0) is 47.2. The van der Waals surface area contributed by atoms with Crippen molar-refractivity contribution in [3.8, 4) is 45.3 Å². The van der Waals surface area contributed by atoms with Crippen molar-refractivity contribution >= 4 is 62.1 Å². The molecule has 0 saturated heterocycles. The molecule has 4 heteroatoms. The predicted octanol–water partition coefficient (Wildman–Crippen LogP) is 18.5. The highest BCUT2D eigenvalue weighted by Crippen LogP contribution is 2.57. The van der Waals surface area contributed by atoms with Crippen LogP contribution in [0.2, 0.25) is 0 Å². The van der Waals surface area contributed by atoms with Crippen molar-refractivity contribution in [3.05, 3.63) is 259 Å². The minimum absolute atomic E-state index is 0.0693. The van der Waals surface area contributed by atoms with Gasteiger partial charge in [-0.2, -0.15) is 0 Å². The molecule has 0 amide bonds. The molecule has 2 atom stereocenters. The van der Waals surface area contributed by atoms with Crippen LogP contribution in [0.5, 0.6) is 23.0 Å². The van der Waals surface area contributed by atoms with Crippen LogP contribution in [0.25, 0.3) is 56.0 Å². The van der Waals surface area contributed by atoms with E-state index in [1.54, 1.807) is 0 Å². The quantitative estimate of drug-likeness (QED) is 0.123. The van der Waals surface area contributed by atoms with Crippen molar-refractivity contribution in [3.63, 3.8) is 0 Å². The highest BCUT2D eigenvalue weighted by Gasteiger charge is 2.46. The number of rotatable bonds is 6. The largest absolute Gasteiger partial charge is 0.453 e. The number of allylic oxidation sites excluding steroid dienone is 3. The van der Waals surface area contributed by atoms with Crippen molar-refractivity contribution in [2.24, 2.45) is 5.92 Å². The summed E-state index contributed by atoms with van der Waals surface area (Å²) in [6, 6.07) is 76.2. The normalized spacial score (nSPS) is 16.8. The maximum atomic E-state index is 6.35. The molecule has 0 spiro atoms. The first-order valence-corrected chi connectivity index (χ1v) is 24.7. The van der Waals surface area contributed by atoms with Gasteiger partial charge in [-0.15, -0.1) is 0 Å². The number of hydrogen-bond donors (Lipinski definition) is 0. The van der Waals surface area contributed by atoms with Gasteiger partial charge in [-0.1, -0.05) is 190 Å². The lowest BCUT2D eigenvalue weighted by Gasteiger charge is -2.37. The lowest BCUT2D eigenvalue weighted by molar-refractivity contribution is 0.392. The van der Waals surface area contributed by atoms with Gasteiger partial charge < -0.3 is 19.3 Å². The molecule has 338 valence electrons. The van der Waals surface area contributed by atoms with E-state index in [0.717, 1.165) is 51.4 Å². The van der Waals surface area contributed by atoms with Gasteiger partial charge in [0.2, 0.25) is 0 Å².